The van der Waals surface area contributed by atoms with E-state index in [9.17, 15) is 9.59 Å². The van der Waals surface area contributed by atoms with Crippen molar-refractivity contribution >= 4 is 11.8 Å². The molecular formula is C7H11N3O2. The van der Waals surface area contributed by atoms with Crippen molar-refractivity contribution in [3.63, 3.8) is 0 Å². The van der Waals surface area contributed by atoms with E-state index >= 15 is 0 Å². The molecule has 0 aromatic carbocycles. The van der Waals surface area contributed by atoms with Gasteiger partial charge in [0, 0.05) is 13.3 Å². The molecule has 0 fully saturated rings. The molecular weight excluding hydrogens is 158 g/mol. The maximum Gasteiger partial charge on any atom is 0.239 e. The van der Waals surface area contributed by atoms with Crippen LogP contribution < -0.4 is 10.9 Å². The van der Waals surface area contributed by atoms with Gasteiger partial charge in [0.05, 0.1) is 12.0 Å². The van der Waals surface area contributed by atoms with Crippen LogP contribution in [0.25, 0.3) is 0 Å². The predicted octanol–water partition coefficient (Wildman–Crippen LogP) is -0.297. The van der Waals surface area contributed by atoms with Crippen LogP contribution >= 0.6 is 0 Å². The summed E-state index contributed by atoms with van der Waals surface area (Å²) in [5.41, 5.74) is 4.28. The third kappa shape index (κ3) is 5.23. The third-order valence-corrected chi connectivity index (χ3v) is 1.09. The van der Waals surface area contributed by atoms with E-state index in [4.69, 9.17) is 5.26 Å². The summed E-state index contributed by atoms with van der Waals surface area (Å²) in [6.45, 7) is 2.92. The van der Waals surface area contributed by atoms with Gasteiger partial charge in [-0.2, -0.15) is 5.26 Å². The molecule has 1 unspecified atom stereocenters. The molecule has 5 nitrogen and oxygen atoms in total. The van der Waals surface area contributed by atoms with E-state index in [0.29, 0.717) is 0 Å². The number of hydrogen-bond donors (Lipinski definition) is 2. The van der Waals surface area contributed by atoms with Gasteiger partial charge in [-0.15, -0.1) is 0 Å². The Kier molecular flexibility index (Phi) is 4.46. The third-order valence-electron chi connectivity index (χ3n) is 1.09. The summed E-state index contributed by atoms with van der Waals surface area (Å²) in [6, 6.07) is 1.91. The van der Waals surface area contributed by atoms with Gasteiger partial charge in [0.15, 0.2) is 0 Å². The van der Waals surface area contributed by atoms with Crippen molar-refractivity contribution < 1.29 is 9.59 Å². The minimum atomic E-state index is -0.362. The molecule has 5 heteroatoms. The molecule has 0 aliphatic heterocycles. The summed E-state index contributed by atoms with van der Waals surface area (Å²) in [7, 11) is 0. The topological polar surface area (TPSA) is 82.0 Å². The van der Waals surface area contributed by atoms with Gasteiger partial charge < -0.3 is 0 Å². The predicted molar refractivity (Wildman–Crippen MR) is 41.4 cm³/mol. The average Bonchev–Trinajstić information content (AvgIpc) is 2.00. The van der Waals surface area contributed by atoms with E-state index in [-0.39, 0.29) is 24.2 Å². The van der Waals surface area contributed by atoms with E-state index in [0.717, 1.165) is 0 Å². The number of amides is 2. The van der Waals surface area contributed by atoms with Crippen molar-refractivity contribution in [3.05, 3.63) is 0 Å². The first-order valence-electron chi connectivity index (χ1n) is 3.51. The Morgan fingerprint density at radius 3 is 2.50 bits per heavy atom. The van der Waals surface area contributed by atoms with Gasteiger partial charge >= 0.3 is 0 Å². The number of nitriles is 1. The second-order valence-electron chi connectivity index (χ2n) is 2.46. The summed E-state index contributed by atoms with van der Waals surface area (Å²) < 4.78 is 0. The van der Waals surface area contributed by atoms with Gasteiger partial charge in [-0.1, -0.05) is 0 Å². The highest BCUT2D eigenvalue weighted by molar-refractivity contribution is 5.80. The fourth-order valence-electron chi connectivity index (χ4n) is 0.532. The van der Waals surface area contributed by atoms with Gasteiger partial charge in [0.2, 0.25) is 11.8 Å². The zero-order valence-corrected chi connectivity index (χ0v) is 7.05. The first-order chi connectivity index (χ1) is 5.56. The standard InChI is InChI=1S/C7H11N3O2/c1-5(4-8)3-7(12)10-9-6(2)11/h5H,3H2,1-2H3,(H,9,11)(H,10,12). The molecule has 0 saturated carbocycles. The van der Waals surface area contributed by atoms with Crippen LogP contribution in [0.3, 0.4) is 0 Å². The summed E-state index contributed by atoms with van der Waals surface area (Å²) >= 11 is 0. The number of nitrogens with one attached hydrogen (secondary N) is 2. The normalized spacial score (nSPS) is 11.1. The molecule has 0 heterocycles. The quantitative estimate of drug-likeness (QED) is 0.557. The molecule has 0 aliphatic carbocycles. The van der Waals surface area contributed by atoms with Crippen molar-refractivity contribution in [2.45, 2.75) is 20.3 Å². The average molecular weight is 169 g/mol. The molecule has 0 aromatic rings. The van der Waals surface area contributed by atoms with Gasteiger partial charge in [-0.05, 0) is 6.92 Å². The monoisotopic (exact) mass is 169 g/mol. The molecule has 0 bridgehead atoms. The van der Waals surface area contributed by atoms with Crippen molar-refractivity contribution in [3.8, 4) is 6.07 Å². The number of hydrogen-bond acceptors (Lipinski definition) is 3. The van der Waals surface area contributed by atoms with Crippen LogP contribution in [-0.4, -0.2) is 11.8 Å². The molecule has 2 amide bonds. The largest absolute Gasteiger partial charge is 0.274 e. The van der Waals surface area contributed by atoms with Crippen LogP contribution in [-0.2, 0) is 9.59 Å². The molecule has 0 radical (unpaired) electrons. The summed E-state index contributed by atoms with van der Waals surface area (Å²) in [6.07, 6.45) is 0.0940. The zero-order valence-electron chi connectivity index (χ0n) is 7.05. The fourth-order valence-corrected chi connectivity index (χ4v) is 0.532. The lowest BCUT2D eigenvalue weighted by atomic mass is 10.1. The van der Waals surface area contributed by atoms with Crippen LogP contribution in [0.2, 0.25) is 0 Å². The minimum absolute atomic E-state index is 0.0940. The Balaban J connectivity index is 3.62. The van der Waals surface area contributed by atoms with Crippen molar-refractivity contribution in [1.29, 1.82) is 5.26 Å². The maximum atomic E-state index is 10.8. The maximum absolute atomic E-state index is 10.8. The molecule has 12 heavy (non-hydrogen) atoms. The van der Waals surface area contributed by atoms with Gasteiger partial charge in [-0.25, -0.2) is 0 Å². The summed E-state index contributed by atoms with van der Waals surface area (Å²) in [4.78, 5) is 21.2. The van der Waals surface area contributed by atoms with E-state index in [1.54, 1.807) is 6.92 Å². The summed E-state index contributed by atoms with van der Waals surface area (Å²) in [5, 5.41) is 8.34. The second kappa shape index (κ2) is 5.13. The first-order valence-corrected chi connectivity index (χ1v) is 3.51. The van der Waals surface area contributed by atoms with Gasteiger partial charge in [0.25, 0.3) is 0 Å². The van der Waals surface area contributed by atoms with E-state index in [2.05, 4.69) is 10.9 Å². The Morgan fingerprint density at radius 1 is 1.50 bits per heavy atom. The SMILES string of the molecule is CC(=O)NNC(=O)CC(C)C#N. The molecule has 0 rings (SSSR count). The minimum Gasteiger partial charge on any atom is -0.274 e. The van der Waals surface area contributed by atoms with Crippen molar-refractivity contribution in [2.24, 2.45) is 5.92 Å². The van der Waals surface area contributed by atoms with E-state index in [1.807, 2.05) is 6.07 Å². The van der Waals surface area contributed by atoms with Crippen molar-refractivity contribution in [1.82, 2.24) is 10.9 Å². The molecule has 0 spiro atoms. The number of carbonyl (C=O) groups is 2. The fraction of sp³-hybridized carbons (Fsp3) is 0.571. The Labute approximate surface area is 70.7 Å². The highest BCUT2D eigenvalue weighted by atomic mass is 16.2. The van der Waals surface area contributed by atoms with Crippen LogP contribution in [0.5, 0.6) is 0 Å². The van der Waals surface area contributed by atoms with Crippen molar-refractivity contribution in [2.75, 3.05) is 0 Å². The van der Waals surface area contributed by atoms with Crippen LogP contribution in [0.1, 0.15) is 20.3 Å². The lowest BCUT2D eigenvalue weighted by Crippen LogP contribution is -2.40. The Hall–Kier alpha value is -1.57. The van der Waals surface area contributed by atoms with Gasteiger partial charge in [-0.3, -0.25) is 20.4 Å². The summed E-state index contributed by atoms with van der Waals surface area (Å²) in [5.74, 6) is -1.04. The van der Waals surface area contributed by atoms with Crippen LogP contribution in [0.4, 0.5) is 0 Å². The van der Waals surface area contributed by atoms with Crippen LogP contribution in [0.15, 0.2) is 0 Å². The number of nitrogens with zero attached hydrogens (tertiary/aromatic N) is 1. The Bertz CT molecular complexity index is 219. The molecule has 0 aliphatic rings. The van der Waals surface area contributed by atoms with E-state index in [1.165, 1.54) is 6.92 Å². The molecule has 2 N–H and O–H groups in total. The second-order valence-corrected chi connectivity index (χ2v) is 2.46. The highest BCUT2D eigenvalue weighted by Gasteiger charge is 2.07. The molecule has 1 atom stereocenters. The zero-order chi connectivity index (χ0) is 9.56. The van der Waals surface area contributed by atoms with E-state index < -0.39 is 0 Å². The lowest BCUT2D eigenvalue weighted by Gasteiger charge is -2.04. The molecule has 0 saturated heterocycles. The smallest absolute Gasteiger partial charge is 0.239 e. The molecule has 0 aromatic heterocycles. The molecule has 66 valence electrons. The first kappa shape index (κ1) is 10.4. The Morgan fingerprint density at radius 2 is 2.08 bits per heavy atom. The lowest BCUT2D eigenvalue weighted by molar-refractivity contribution is -0.128. The van der Waals surface area contributed by atoms with Crippen LogP contribution in [0, 0.1) is 17.2 Å². The number of carbonyl (C=O) groups excluding carboxylic acids is 2. The number of hydrazine groups is 1. The number of rotatable bonds is 2. The highest BCUT2D eigenvalue weighted by Crippen LogP contribution is 1.97. The van der Waals surface area contributed by atoms with Gasteiger partial charge in [0.1, 0.15) is 0 Å².